The molecule has 1 heterocycles. The second-order valence-electron chi connectivity index (χ2n) is 4.84. The molecule has 0 radical (unpaired) electrons. The number of hydrogen-bond acceptors (Lipinski definition) is 3. The van der Waals surface area contributed by atoms with Crippen molar-refractivity contribution in [2.24, 2.45) is 0 Å². The summed E-state index contributed by atoms with van der Waals surface area (Å²) in [6.07, 6.45) is 3.33. The first-order chi connectivity index (χ1) is 9.46. The van der Waals surface area contributed by atoms with E-state index in [-0.39, 0.29) is 5.91 Å². The Kier molecular flexibility index (Phi) is 6.20. The van der Waals surface area contributed by atoms with E-state index in [0.29, 0.717) is 11.3 Å². The van der Waals surface area contributed by atoms with Gasteiger partial charge in [0.25, 0.3) is 5.91 Å². The van der Waals surface area contributed by atoms with Crippen molar-refractivity contribution in [2.45, 2.75) is 52.5 Å². The molecule has 1 aromatic rings. The molecule has 0 aromatic carbocycles. The van der Waals surface area contributed by atoms with Gasteiger partial charge >= 0.3 is 5.97 Å². The molecule has 0 spiro atoms. The predicted octanol–water partition coefficient (Wildman–Crippen LogP) is 3.20. The summed E-state index contributed by atoms with van der Waals surface area (Å²) >= 11 is 1.50. The van der Waals surface area contributed by atoms with Gasteiger partial charge in [-0.25, -0.2) is 4.79 Å². The fourth-order valence-electron chi connectivity index (χ4n) is 2.24. The van der Waals surface area contributed by atoms with E-state index in [1.165, 1.54) is 26.7 Å². The maximum atomic E-state index is 12.4. The Hall–Kier alpha value is -1.36. The summed E-state index contributed by atoms with van der Waals surface area (Å²) in [5.74, 6) is -1.15. The molecule has 112 valence electrons. The lowest BCUT2D eigenvalue weighted by Gasteiger charge is -2.23. The van der Waals surface area contributed by atoms with E-state index in [0.717, 1.165) is 19.3 Å². The van der Waals surface area contributed by atoms with Gasteiger partial charge < -0.3 is 10.0 Å². The van der Waals surface area contributed by atoms with Crippen molar-refractivity contribution in [3.8, 4) is 0 Å². The Morgan fingerprint density at radius 2 is 2.00 bits per heavy atom. The topological polar surface area (TPSA) is 57.6 Å². The average molecular weight is 297 g/mol. The fourth-order valence-corrected chi connectivity index (χ4v) is 3.58. The predicted molar refractivity (Wildman–Crippen MR) is 81.5 cm³/mol. The van der Waals surface area contributed by atoms with Crippen molar-refractivity contribution in [3.05, 3.63) is 21.4 Å². The zero-order valence-electron chi connectivity index (χ0n) is 12.6. The summed E-state index contributed by atoms with van der Waals surface area (Å²) in [5.41, 5.74) is 1.21. The highest BCUT2D eigenvalue weighted by Crippen LogP contribution is 2.26. The number of aliphatic carboxylic acids is 1. The lowest BCUT2D eigenvalue weighted by molar-refractivity contribution is -0.142. The molecule has 1 N–H and O–H groups in total. The molecule has 1 unspecified atom stereocenters. The molecule has 1 rings (SSSR count). The van der Waals surface area contributed by atoms with E-state index in [9.17, 15) is 9.59 Å². The van der Waals surface area contributed by atoms with Crippen LogP contribution in [0.4, 0.5) is 0 Å². The van der Waals surface area contributed by atoms with Crippen molar-refractivity contribution >= 4 is 23.2 Å². The number of nitrogens with zero attached hydrogens (tertiary/aromatic N) is 1. The normalized spacial score (nSPS) is 12.2. The molecule has 1 aromatic heterocycles. The molecule has 0 fully saturated rings. The maximum absolute atomic E-state index is 12.4. The van der Waals surface area contributed by atoms with Gasteiger partial charge in [-0.1, -0.05) is 27.2 Å². The first kappa shape index (κ1) is 16.7. The summed E-state index contributed by atoms with van der Waals surface area (Å²) in [6.45, 7) is 5.96. The molecule has 20 heavy (non-hydrogen) atoms. The Morgan fingerprint density at radius 3 is 2.45 bits per heavy atom. The Labute approximate surface area is 124 Å². The maximum Gasteiger partial charge on any atom is 0.326 e. The quantitative estimate of drug-likeness (QED) is 0.841. The van der Waals surface area contributed by atoms with Crippen LogP contribution in [0, 0.1) is 0 Å². The van der Waals surface area contributed by atoms with Gasteiger partial charge in [0, 0.05) is 11.9 Å². The molecular formula is C15H23NO3S. The van der Waals surface area contributed by atoms with Crippen LogP contribution in [0.2, 0.25) is 0 Å². The van der Waals surface area contributed by atoms with Crippen LogP contribution in [-0.2, 0) is 17.6 Å². The van der Waals surface area contributed by atoms with E-state index in [4.69, 9.17) is 5.11 Å². The van der Waals surface area contributed by atoms with Crippen LogP contribution in [0.15, 0.2) is 6.07 Å². The molecule has 0 bridgehead atoms. The van der Waals surface area contributed by atoms with E-state index in [1.807, 2.05) is 6.07 Å². The summed E-state index contributed by atoms with van der Waals surface area (Å²) in [5, 5.41) is 9.14. The summed E-state index contributed by atoms with van der Waals surface area (Å²) in [4.78, 5) is 26.8. The molecule has 0 aliphatic rings. The Bertz CT molecular complexity index is 481. The molecular weight excluding hydrogens is 274 g/mol. The lowest BCUT2D eigenvalue weighted by atomic mass is 10.1. The van der Waals surface area contributed by atoms with E-state index in [2.05, 4.69) is 13.8 Å². The number of likely N-dealkylation sites (N-methyl/N-ethyl adjacent to an activating group) is 1. The molecule has 0 aliphatic heterocycles. The first-order valence-electron chi connectivity index (χ1n) is 7.07. The van der Waals surface area contributed by atoms with Gasteiger partial charge in [-0.05, 0) is 30.9 Å². The third kappa shape index (κ3) is 3.60. The van der Waals surface area contributed by atoms with Gasteiger partial charge in [0.2, 0.25) is 0 Å². The summed E-state index contributed by atoms with van der Waals surface area (Å²) < 4.78 is 0. The molecule has 0 saturated carbocycles. The van der Waals surface area contributed by atoms with Crippen molar-refractivity contribution in [1.29, 1.82) is 0 Å². The van der Waals surface area contributed by atoms with Crippen molar-refractivity contribution in [2.75, 3.05) is 7.05 Å². The van der Waals surface area contributed by atoms with Gasteiger partial charge in [-0.2, -0.15) is 0 Å². The number of aryl methyl sites for hydroxylation is 2. The highest BCUT2D eigenvalue weighted by molar-refractivity contribution is 7.14. The van der Waals surface area contributed by atoms with E-state index < -0.39 is 12.0 Å². The molecule has 4 nitrogen and oxygen atoms in total. The minimum Gasteiger partial charge on any atom is -0.480 e. The Balaban J connectivity index is 2.99. The standard InChI is InChI=1S/C15H23NO3S/c1-5-8-12-10(6-2)9-13(20-12)14(17)16(4)11(7-3)15(18)19/h9,11H,5-8H2,1-4H3,(H,18,19). The number of carbonyl (C=O) groups excluding carboxylic acids is 1. The largest absolute Gasteiger partial charge is 0.480 e. The zero-order valence-corrected chi connectivity index (χ0v) is 13.4. The molecule has 1 amide bonds. The van der Waals surface area contributed by atoms with E-state index >= 15 is 0 Å². The van der Waals surface area contributed by atoms with Crippen LogP contribution in [0.3, 0.4) is 0 Å². The number of thiophene rings is 1. The van der Waals surface area contributed by atoms with Gasteiger partial charge in [0.1, 0.15) is 6.04 Å². The van der Waals surface area contributed by atoms with Crippen LogP contribution in [-0.4, -0.2) is 35.0 Å². The van der Waals surface area contributed by atoms with Crippen molar-refractivity contribution in [3.63, 3.8) is 0 Å². The van der Waals surface area contributed by atoms with Crippen molar-refractivity contribution in [1.82, 2.24) is 4.90 Å². The van der Waals surface area contributed by atoms with Gasteiger partial charge in [0.15, 0.2) is 0 Å². The molecule has 1 atom stereocenters. The lowest BCUT2D eigenvalue weighted by Crippen LogP contribution is -2.41. The third-order valence-corrected chi connectivity index (χ3v) is 4.65. The SMILES string of the molecule is CCCc1sc(C(=O)N(C)C(CC)C(=O)O)cc1CC. The highest BCUT2D eigenvalue weighted by atomic mass is 32.1. The minimum atomic E-state index is -0.954. The molecule has 0 aliphatic carbocycles. The van der Waals surface area contributed by atoms with E-state index in [1.54, 1.807) is 14.0 Å². The van der Waals surface area contributed by atoms with Crippen LogP contribution in [0.25, 0.3) is 0 Å². The number of amides is 1. The number of carboxylic acids is 1. The average Bonchev–Trinajstić information content (AvgIpc) is 2.81. The van der Waals surface area contributed by atoms with Crippen LogP contribution >= 0.6 is 11.3 Å². The van der Waals surface area contributed by atoms with Gasteiger partial charge in [-0.3, -0.25) is 4.79 Å². The minimum absolute atomic E-state index is 0.193. The fraction of sp³-hybridized carbons (Fsp3) is 0.600. The van der Waals surface area contributed by atoms with Gasteiger partial charge in [0.05, 0.1) is 4.88 Å². The smallest absolute Gasteiger partial charge is 0.326 e. The van der Waals surface area contributed by atoms with Crippen LogP contribution in [0.1, 0.15) is 53.7 Å². The highest BCUT2D eigenvalue weighted by Gasteiger charge is 2.27. The first-order valence-corrected chi connectivity index (χ1v) is 7.89. The molecule has 0 saturated heterocycles. The van der Waals surface area contributed by atoms with Gasteiger partial charge in [-0.15, -0.1) is 11.3 Å². The second kappa shape index (κ2) is 7.43. The number of hydrogen-bond donors (Lipinski definition) is 1. The monoisotopic (exact) mass is 297 g/mol. The zero-order chi connectivity index (χ0) is 15.3. The third-order valence-electron chi connectivity index (χ3n) is 3.43. The summed E-state index contributed by atoms with van der Waals surface area (Å²) in [6, 6.07) is 1.16. The number of rotatable bonds is 7. The molecule has 5 heteroatoms. The van der Waals surface area contributed by atoms with Crippen LogP contribution in [0.5, 0.6) is 0 Å². The Morgan fingerprint density at radius 1 is 1.35 bits per heavy atom. The van der Waals surface area contributed by atoms with Crippen molar-refractivity contribution < 1.29 is 14.7 Å². The number of carboxylic acid groups (broad SMARTS) is 1. The summed E-state index contributed by atoms with van der Waals surface area (Å²) in [7, 11) is 1.56. The second-order valence-corrected chi connectivity index (χ2v) is 5.98. The number of carbonyl (C=O) groups is 2. The van der Waals surface area contributed by atoms with Crippen LogP contribution < -0.4 is 0 Å².